The van der Waals surface area contributed by atoms with Crippen LogP contribution in [-0.4, -0.2) is 0 Å². The predicted octanol–water partition coefficient (Wildman–Crippen LogP) is 5.79. The van der Waals surface area contributed by atoms with Gasteiger partial charge in [-0.05, 0) is 30.9 Å². The minimum absolute atomic E-state index is 0.255. The smallest absolute Gasteiger partial charge is 0.0693 e. The van der Waals surface area contributed by atoms with Crippen molar-refractivity contribution < 1.29 is 0 Å². The summed E-state index contributed by atoms with van der Waals surface area (Å²) in [6, 6.07) is 8.28. The summed E-state index contributed by atoms with van der Waals surface area (Å²) in [4.78, 5) is 0. The lowest BCUT2D eigenvalue weighted by Crippen LogP contribution is -2.23. The Kier molecular flexibility index (Phi) is 5.13. The molecule has 102 valence electrons. The monoisotopic (exact) mass is 295 g/mol. The van der Waals surface area contributed by atoms with Gasteiger partial charge in [-0.15, -0.1) is 0 Å². The van der Waals surface area contributed by atoms with Crippen molar-refractivity contribution in [2.75, 3.05) is 0 Å². The molecule has 1 fully saturated rings. The number of hydrogen-bond donors (Lipinski definition) is 0. The number of nitrogens with zero attached hydrogens (tertiary/aromatic N) is 1. The van der Waals surface area contributed by atoms with Crippen molar-refractivity contribution >= 4 is 23.2 Å². The highest BCUT2D eigenvalue weighted by Gasteiger charge is 2.31. The van der Waals surface area contributed by atoms with Crippen LogP contribution in [0.3, 0.4) is 0 Å². The fourth-order valence-electron chi connectivity index (χ4n) is 2.96. The number of hydrogen-bond acceptors (Lipinski definition) is 1. The Balaban J connectivity index is 2.21. The van der Waals surface area contributed by atoms with Crippen LogP contribution >= 0.6 is 23.2 Å². The van der Waals surface area contributed by atoms with Gasteiger partial charge in [0.2, 0.25) is 0 Å². The molecule has 0 spiro atoms. The van der Waals surface area contributed by atoms with Crippen LogP contribution in [0.15, 0.2) is 18.2 Å². The van der Waals surface area contributed by atoms with Crippen molar-refractivity contribution in [1.29, 1.82) is 5.26 Å². The quantitative estimate of drug-likeness (QED) is 0.677. The van der Waals surface area contributed by atoms with Gasteiger partial charge in [-0.3, -0.25) is 0 Å². The van der Waals surface area contributed by atoms with E-state index < -0.39 is 0 Å². The minimum Gasteiger partial charge on any atom is -0.198 e. The molecule has 1 aliphatic rings. The molecule has 0 aromatic heterocycles. The zero-order chi connectivity index (χ0) is 13.7. The van der Waals surface area contributed by atoms with Crippen LogP contribution in [0.25, 0.3) is 0 Å². The Hall–Kier alpha value is -0.710. The van der Waals surface area contributed by atoms with Gasteiger partial charge in [-0.25, -0.2) is 0 Å². The van der Waals surface area contributed by atoms with E-state index in [1.807, 2.05) is 12.1 Å². The number of halogens is 2. The summed E-state index contributed by atoms with van der Waals surface area (Å²) in [7, 11) is 0. The van der Waals surface area contributed by atoms with Crippen LogP contribution in [-0.2, 0) is 6.42 Å². The van der Waals surface area contributed by atoms with Gasteiger partial charge in [0, 0.05) is 0 Å². The molecule has 0 saturated heterocycles. The maximum Gasteiger partial charge on any atom is 0.0693 e. The van der Waals surface area contributed by atoms with E-state index in [-0.39, 0.29) is 5.41 Å². The molecular formula is C16H19Cl2N. The largest absolute Gasteiger partial charge is 0.198 e. The Labute approximate surface area is 125 Å². The molecule has 1 nitrogen and oxygen atoms in total. The van der Waals surface area contributed by atoms with Crippen LogP contribution < -0.4 is 0 Å². The summed E-state index contributed by atoms with van der Waals surface area (Å²) in [6.07, 6.45) is 8.76. The summed E-state index contributed by atoms with van der Waals surface area (Å²) < 4.78 is 0. The first-order valence-corrected chi connectivity index (χ1v) is 7.77. The third-order valence-electron chi connectivity index (χ3n) is 4.11. The zero-order valence-electron chi connectivity index (χ0n) is 11.1. The Morgan fingerprint density at radius 3 is 2.32 bits per heavy atom. The van der Waals surface area contributed by atoms with Crippen LogP contribution in [0, 0.1) is 16.7 Å². The molecule has 3 heteroatoms. The molecule has 1 aliphatic carbocycles. The molecule has 1 saturated carbocycles. The van der Waals surface area contributed by atoms with Crippen molar-refractivity contribution in [1.82, 2.24) is 0 Å². The normalized spacial score (nSPS) is 19.2. The van der Waals surface area contributed by atoms with E-state index in [0.29, 0.717) is 10.0 Å². The lowest BCUT2D eigenvalue weighted by molar-refractivity contribution is 0.287. The first kappa shape index (κ1) is 14.7. The van der Waals surface area contributed by atoms with Crippen molar-refractivity contribution in [2.24, 2.45) is 5.41 Å². The highest BCUT2D eigenvalue weighted by Crippen LogP contribution is 2.39. The van der Waals surface area contributed by atoms with Crippen molar-refractivity contribution in [3.05, 3.63) is 33.8 Å². The Bertz CT molecular complexity index is 468. The van der Waals surface area contributed by atoms with Gasteiger partial charge in [0.1, 0.15) is 0 Å². The number of benzene rings is 1. The maximum absolute atomic E-state index is 9.65. The number of rotatable bonds is 2. The van der Waals surface area contributed by atoms with Gasteiger partial charge < -0.3 is 0 Å². The lowest BCUT2D eigenvalue weighted by atomic mass is 9.73. The topological polar surface area (TPSA) is 23.8 Å². The Morgan fingerprint density at radius 2 is 1.68 bits per heavy atom. The van der Waals surface area contributed by atoms with Gasteiger partial charge in [0.15, 0.2) is 0 Å². The van der Waals surface area contributed by atoms with Gasteiger partial charge >= 0.3 is 0 Å². The van der Waals surface area contributed by atoms with Gasteiger partial charge in [-0.1, -0.05) is 67.4 Å². The standard InChI is InChI=1S/C16H19Cl2N/c17-14-8-6-7-13(15(14)18)11-16(12-19)9-4-2-1-3-5-10-16/h6-8H,1-5,9-11H2. The summed E-state index contributed by atoms with van der Waals surface area (Å²) in [5, 5.41) is 10.8. The van der Waals surface area contributed by atoms with E-state index in [1.54, 1.807) is 6.07 Å². The number of nitriles is 1. The summed E-state index contributed by atoms with van der Waals surface area (Å²) >= 11 is 12.3. The highest BCUT2D eigenvalue weighted by molar-refractivity contribution is 6.42. The third kappa shape index (κ3) is 3.65. The molecule has 19 heavy (non-hydrogen) atoms. The summed E-state index contributed by atoms with van der Waals surface area (Å²) in [5.74, 6) is 0. The van der Waals surface area contributed by atoms with Gasteiger partial charge in [0.25, 0.3) is 0 Å². The molecule has 1 aromatic carbocycles. The van der Waals surface area contributed by atoms with Crippen molar-refractivity contribution in [3.63, 3.8) is 0 Å². The summed E-state index contributed by atoms with van der Waals surface area (Å²) in [5.41, 5.74) is 0.755. The fourth-order valence-corrected chi connectivity index (χ4v) is 3.35. The summed E-state index contributed by atoms with van der Waals surface area (Å²) in [6.45, 7) is 0. The molecule has 0 atom stereocenters. The molecule has 0 unspecified atom stereocenters. The highest BCUT2D eigenvalue weighted by atomic mass is 35.5. The van der Waals surface area contributed by atoms with Crippen molar-refractivity contribution in [3.8, 4) is 6.07 Å². The molecule has 0 heterocycles. The lowest BCUT2D eigenvalue weighted by Gasteiger charge is -2.29. The molecular weight excluding hydrogens is 277 g/mol. The maximum atomic E-state index is 9.65. The first-order chi connectivity index (χ1) is 9.17. The van der Waals surface area contributed by atoms with Gasteiger partial charge in [-0.2, -0.15) is 5.26 Å². The van der Waals surface area contributed by atoms with Crippen LogP contribution in [0.1, 0.15) is 50.5 Å². The molecule has 1 aromatic rings. The second-order valence-corrected chi connectivity index (χ2v) is 6.33. The van der Waals surface area contributed by atoms with E-state index in [1.165, 1.54) is 19.3 Å². The third-order valence-corrected chi connectivity index (χ3v) is 4.97. The van der Waals surface area contributed by atoms with Crippen LogP contribution in [0.5, 0.6) is 0 Å². The van der Waals surface area contributed by atoms with Crippen molar-refractivity contribution in [2.45, 2.75) is 51.4 Å². The second-order valence-electron chi connectivity index (χ2n) is 5.55. The molecule has 0 radical (unpaired) electrons. The molecule has 0 bridgehead atoms. The molecule has 0 N–H and O–H groups in total. The molecule has 0 amide bonds. The van der Waals surface area contributed by atoms with E-state index >= 15 is 0 Å². The van der Waals surface area contributed by atoms with E-state index in [9.17, 15) is 5.26 Å². The van der Waals surface area contributed by atoms with Crippen LogP contribution in [0.4, 0.5) is 0 Å². The molecule has 2 rings (SSSR count). The van der Waals surface area contributed by atoms with E-state index in [0.717, 1.165) is 37.7 Å². The van der Waals surface area contributed by atoms with E-state index in [2.05, 4.69) is 6.07 Å². The van der Waals surface area contributed by atoms with Crippen LogP contribution in [0.2, 0.25) is 10.0 Å². The SMILES string of the molecule is N#CC1(Cc2cccc(Cl)c2Cl)CCCCCCC1. The molecule has 0 aliphatic heterocycles. The zero-order valence-corrected chi connectivity index (χ0v) is 12.6. The van der Waals surface area contributed by atoms with Gasteiger partial charge in [0.05, 0.1) is 21.5 Å². The first-order valence-electron chi connectivity index (χ1n) is 7.01. The second kappa shape index (κ2) is 6.64. The van der Waals surface area contributed by atoms with E-state index in [4.69, 9.17) is 23.2 Å². The minimum atomic E-state index is -0.255. The average molecular weight is 296 g/mol. The average Bonchev–Trinajstić information content (AvgIpc) is 2.38. The fraction of sp³-hybridized carbons (Fsp3) is 0.562. The predicted molar refractivity (Wildman–Crippen MR) is 80.5 cm³/mol. The Morgan fingerprint density at radius 1 is 1.05 bits per heavy atom.